The van der Waals surface area contributed by atoms with Crippen molar-refractivity contribution in [3.8, 4) is 0 Å². The number of ketones is 1. The molecule has 0 unspecified atom stereocenters. The highest BCUT2D eigenvalue weighted by atomic mass is 35.5. The lowest BCUT2D eigenvalue weighted by atomic mass is 9.95. The van der Waals surface area contributed by atoms with Gasteiger partial charge in [-0.15, -0.1) is 11.3 Å². The first-order valence-corrected chi connectivity index (χ1v) is 13.5. The second-order valence-electron chi connectivity index (χ2n) is 8.62. The fourth-order valence-corrected chi connectivity index (χ4v) is 5.78. The van der Waals surface area contributed by atoms with Gasteiger partial charge in [0.05, 0.1) is 22.6 Å². The minimum absolute atomic E-state index is 0.00116. The van der Waals surface area contributed by atoms with E-state index >= 15 is 0 Å². The zero-order valence-electron chi connectivity index (χ0n) is 18.4. The first-order chi connectivity index (χ1) is 16.6. The van der Waals surface area contributed by atoms with Crippen molar-refractivity contribution < 1.29 is 26.9 Å². The Morgan fingerprint density at radius 2 is 2.09 bits per heavy atom. The number of carbonyl (C=O) groups is 1. The highest BCUT2D eigenvalue weighted by Crippen LogP contribution is 2.35. The molecule has 0 radical (unpaired) electrons. The van der Waals surface area contributed by atoms with Gasteiger partial charge in [0, 0.05) is 17.7 Å². The van der Waals surface area contributed by atoms with Crippen LogP contribution in [-0.4, -0.2) is 42.0 Å². The van der Waals surface area contributed by atoms with Gasteiger partial charge in [-0.2, -0.15) is 8.42 Å². The molecule has 12 heteroatoms. The van der Waals surface area contributed by atoms with E-state index in [1.807, 2.05) is 5.38 Å². The Morgan fingerprint density at radius 3 is 2.83 bits per heavy atom. The zero-order chi connectivity index (χ0) is 25.2. The monoisotopic (exact) mass is 539 g/mol. The number of halogens is 2. The van der Waals surface area contributed by atoms with E-state index in [9.17, 15) is 22.7 Å². The average molecular weight is 540 g/mol. The van der Waals surface area contributed by atoms with E-state index in [4.69, 9.17) is 16.7 Å². The number of hydrogen-bond acceptors (Lipinski definition) is 8. The molecule has 3 N–H and O–H groups in total. The molecule has 3 atom stereocenters. The molecule has 35 heavy (non-hydrogen) atoms. The van der Waals surface area contributed by atoms with Crippen molar-refractivity contribution in [1.29, 1.82) is 0 Å². The Morgan fingerprint density at radius 1 is 1.29 bits per heavy atom. The van der Waals surface area contributed by atoms with E-state index in [2.05, 4.69) is 14.2 Å². The lowest BCUT2D eigenvalue weighted by Crippen LogP contribution is -2.24. The van der Waals surface area contributed by atoms with Crippen LogP contribution in [0.2, 0.25) is 5.02 Å². The molecular formula is C23H23ClFN3O5S2. The standard InChI is InChI=1S/C23H23ClFN3O5S2/c24-18-6-13(1-2-19(18)25)3-15-8-21(34-11-15)23(30)22-16(9-27-12-28-22)4-14-5-17(20(29)7-14)10-33-35(26,31)32/h1-2,6,8-9,11-12,14,17,20,29H,3-5,7,10H2,(H2,26,31,32)/t14-,17-,20+/m1/s1. The Labute approximate surface area is 211 Å². The minimum Gasteiger partial charge on any atom is -0.393 e. The third kappa shape index (κ3) is 6.69. The topological polar surface area (TPSA) is 132 Å². The molecule has 0 amide bonds. The number of nitrogens with two attached hydrogens (primary N) is 1. The Bertz CT molecular complexity index is 1330. The first-order valence-electron chi connectivity index (χ1n) is 10.8. The van der Waals surface area contributed by atoms with E-state index < -0.39 is 22.2 Å². The summed E-state index contributed by atoms with van der Waals surface area (Å²) in [4.78, 5) is 22.0. The highest BCUT2D eigenvalue weighted by Gasteiger charge is 2.34. The van der Waals surface area contributed by atoms with Crippen LogP contribution >= 0.6 is 22.9 Å². The van der Waals surface area contributed by atoms with Gasteiger partial charge < -0.3 is 5.11 Å². The van der Waals surface area contributed by atoms with E-state index in [1.165, 1.54) is 23.7 Å². The predicted octanol–water partition coefficient (Wildman–Crippen LogP) is 3.30. The fourth-order valence-electron chi connectivity index (χ4n) is 4.36. The van der Waals surface area contributed by atoms with Crippen molar-refractivity contribution in [1.82, 2.24) is 9.97 Å². The van der Waals surface area contributed by atoms with Crippen LogP contribution in [0.5, 0.6) is 0 Å². The van der Waals surface area contributed by atoms with Gasteiger partial charge in [-0.05, 0) is 66.3 Å². The van der Waals surface area contributed by atoms with Gasteiger partial charge in [-0.1, -0.05) is 17.7 Å². The molecule has 0 spiro atoms. The Hall–Kier alpha value is -2.28. The number of aliphatic hydroxyl groups excluding tert-OH is 1. The second kappa shape index (κ2) is 10.8. The molecule has 3 aromatic rings. The normalized spacial score (nSPS) is 20.3. The van der Waals surface area contributed by atoms with Crippen LogP contribution < -0.4 is 5.14 Å². The minimum atomic E-state index is -4.08. The van der Waals surface area contributed by atoms with Gasteiger partial charge in [-0.3, -0.25) is 8.98 Å². The molecule has 0 aliphatic heterocycles. The van der Waals surface area contributed by atoms with E-state index in [1.54, 1.807) is 24.4 Å². The summed E-state index contributed by atoms with van der Waals surface area (Å²) >= 11 is 7.16. The van der Waals surface area contributed by atoms with Gasteiger partial charge in [0.25, 0.3) is 0 Å². The summed E-state index contributed by atoms with van der Waals surface area (Å²) in [5, 5.41) is 17.1. The maximum Gasteiger partial charge on any atom is 0.333 e. The molecule has 2 aromatic heterocycles. The molecule has 1 saturated carbocycles. The largest absolute Gasteiger partial charge is 0.393 e. The van der Waals surface area contributed by atoms with E-state index in [0.717, 1.165) is 11.1 Å². The Kier molecular flexibility index (Phi) is 7.94. The summed E-state index contributed by atoms with van der Waals surface area (Å²) in [5.41, 5.74) is 2.67. The summed E-state index contributed by atoms with van der Waals surface area (Å²) in [6, 6.07) is 6.32. The molecule has 2 heterocycles. The number of benzene rings is 1. The van der Waals surface area contributed by atoms with Crippen molar-refractivity contribution in [3.05, 3.63) is 80.3 Å². The van der Waals surface area contributed by atoms with Crippen LogP contribution in [0.25, 0.3) is 0 Å². The van der Waals surface area contributed by atoms with Crippen LogP contribution in [0.4, 0.5) is 4.39 Å². The van der Waals surface area contributed by atoms with Gasteiger partial charge in [-0.25, -0.2) is 19.5 Å². The maximum absolute atomic E-state index is 13.4. The molecular weight excluding hydrogens is 517 g/mol. The number of carbonyl (C=O) groups excluding carboxylic acids is 1. The summed E-state index contributed by atoms with van der Waals surface area (Å²) in [7, 11) is -4.08. The van der Waals surface area contributed by atoms with Gasteiger partial charge in [0.2, 0.25) is 5.78 Å². The average Bonchev–Trinajstić information content (AvgIpc) is 3.40. The van der Waals surface area contributed by atoms with Crippen LogP contribution in [0.1, 0.15) is 44.9 Å². The molecule has 0 bridgehead atoms. The third-order valence-electron chi connectivity index (χ3n) is 5.98. The number of aliphatic hydroxyl groups is 1. The lowest BCUT2D eigenvalue weighted by molar-refractivity contribution is 0.100. The fraction of sp³-hybridized carbons (Fsp3) is 0.348. The first kappa shape index (κ1) is 25.8. The smallest absolute Gasteiger partial charge is 0.333 e. The van der Waals surface area contributed by atoms with E-state index in [-0.39, 0.29) is 34.9 Å². The summed E-state index contributed by atoms with van der Waals surface area (Å²) < 4.78 is 40.2. The Balaban J connectivity index is 1.44. The molecule has 1 fully saturated rings. The van der Waals surface area contributed by atoms with Crippen molar-refractivity contribution in [3.63, 3.8) is 0 Å². The SMILES string of the molecule is NS(=O)(=O)OC[C@H]1C[C@@H](Cc2cncnc2C(=O)c2cc(Cc3ccc(F)c(Cl)c3)cs2)C[C@@H]1O. The second-order valence-corrected chi connectivity index (χ2v) is 11.2. The van der Waals surface area contributed by atoms with Crippen LogP contribution in [0.3, 0.4) is 0 Å². The van der Waals surface area contributed by atoms with Crippen molar-refractivity contribution in [2.24, 2.45) is 17.0 Å². The predicted molar refractivity (Wildman–Crippen MR) is 129 cm³/mol. The molecule has 8 nitrogen and oxygen atoms in total. The van der Waals surface area contributed by atoms with Crippen LogP contribution in [0.15, 0.2) is 42.2 Å². The molecule has 186 valence electrons. The zero-order valence-corrected chi connectivity index (χ0v) is 20.8. The summed E-state index contributed by atoms with van der Waals surface area (Å²) in [6.07, 6.45) is 4.09. The summed E-state index contributed by atoms with van der Waals surface area (Å²) in [6.45, 7) is -0.190. The quantitative estimate of drug-likeness (QED) is 0.399. The van der Waals surface area contributed by atoms with Gasteiger partial charge in [0.1, 0.15) is 17.8 Å². The molecule has 1 aliphatic carbocycles. The van der Waals surface area contributed by atoms with Crippen LogP contribution in [-0.2, 0) is 27.3 Å². The molecule has 0 saturated heterocycles. The van der Waals surface area contributed by atoms with Crippen LogP contribution in [0, 0.1) is 17.7 Å². The molecule has 1 aliphatic rings. The number of aromatic nitrogens is 2. The lowest BCUT2D eigenvalue weighted by Gasteiger charge is -2.13. The van der Waals surface area contributed by atoms with Gasteiger partial charge in [0.15, 0.2) is 0 Å². The number of hydrogen-bond donors (Lipinski definition) is 2. The molecule has 4 rings (SSSR count). The van der Waals surface area contributed by atoms with Crippen molar-refractivity contribution in [2.75, 3.05) is 6.61 Å². The van der Waals surface area contributed by atoms with E-state index in [0.29, 0.717) is 36.1 Å². The maximum atomic E-state index is 13.4. The highest BCUT2D eigenvalue weighted by molar-refractivity contribution is 7.84. The number of nitrogens with zero attached hydrogens (tertiary/aromatic N) is 2. The molecule has 1 aromatic carbocycles. The van der Waals surface area contributed by atoms with Crippen molar-refractivity contribution >= 4 is 39.0 Å². The summed E-state index contributed by atoms with van der Waals surface area (Å²) in [5.74, 6) is -1.09. The number of thiophene rings is 1. The van der Waals surface area contributed by atoms with Gasteiger partial charge >= 0.3 is 10.3 Å². The van der Waals surface area contributed by atoms with Crippen molar-refractivity contribution in [2.45, 2.75) is 31.8 Å². The number of rotatable bonds is 9. The third-order valence-corrected chi connectivity index (χ3v) is 7.71.